The Morgan fingerprint density at radius 2 is 1.56 bits per heavy atom. The summed E-state index contributed by atoms with van der Waals surface area (Å²) in [6.07, 6.45) is -0.802. The number of para-hydroxylation sites is 1. The van der Waals surface area contributed by atoms with Crippen LogP contribution >= 0.6 is 0 Å². The molecule has 5 aromatic rings. The van der Waals surface area contributed by atoms with Gasteiger partial charge in [-0.25, -0.2) is 4.39 Å². The van der Waals surface area contributed by atoms with Gasteiger partial charge in [0, 0.05) is 5.69 Å². The van der Waals surface area contributed by atoms with Crippen LogP contribution in [0.4, 0.5) is 34.9 Å². The maximum Gasteiger partial charge on any atom is 2.00 e. The molecule has 5 rings (SSSR count). The molecule has 0 radical (unpaired) electrons. The molecule has 4 heterocycles. The van der Waals surface area contributed by atoms with Gasteiger partial charge in [-0.15, -0.1) is 17.7 Å². The molecule has 0 amide bonds. The Morgan fingerprint density at radius 1 is 0.833 bits per heavy atom. The maximum atomic E-state index is 13.2. The molecule has 182 valence electrons. The third-order valence-electron chi connectivity index (χ3n) is 4.91. The molecule has 0 aliphatic carbocycles. The Morgan fingerprint density at radius 3 is 2.22 bits per heavy atom. The van der Waals surface area contributed by atoms with Crippen LogP contribution in [-0.4, -0.2) is 24.7 Å². The van der Waals surface area contributed by atoms with E-state index in [1.54, 1.807) is 35.2 Å². The van der Waals surface area contributed by atoms with Crippen LogP contribution in [0.1, 0.15) is 5.69 Å². The second-order valence-electron chi connectivity index (χ2n) is 7.26. The van der Waals surface area contributed by atoms with Gasteiger partial charge >= 0.3 is 27.2 Å². The number of aromatic nitrogens is 5. The third kappa shape index (κ3) is 5.33. The summed E-state index contributed by atoms with van der Waals surface area (Å²) in [6.45, 7) is 0. The molecule has 0 saturated carbocycles. The van der Waals surface area contributed by atoms with E-state index in [0.717, 1.165) is 16.8 Å². The number of anilines is 3. The van der Waals surface area contributed by atoms with Crippen LogP contribution < -0.4 is 4.90 Å². The van der Waals surface area contributed by atoms with E-state index < -0.39 is 17.8 Å². The molecule has 0 fully saturated rings. The number of hydrogen-bond acceptors (Lipinski definition) is 5. The molecule has 0 aliphatic rings. The third-order valence-corrected chi connectivity index (χ3v) is 4.91. The molecule has 1 aromatic carbocycles. The first kappa shape index (κ1) is 25.2. The standard InChI is InChI=1S/C25H14F4N6.Pt/c26-21-13-12-17(16-30-21)19-8-4-10-23(31-19)35(18-6-2-1-3-7-18)24-11-5-9-22(32-24)34-15-14-20(33-34)25(27,28)29;/h1-11,13-14,16H;/q-2;+2. The zero-order chi connectivity index (χ0) is 24.4. The number of halogens is 4. The van der Waals surface area contributed by atoms with E-state index >= 15 is 0 Å². The number of alkyl halides is 3. The van der Waals surface area contributed by atoms with Gasteiger partial charge in [-0.2, -0.15) is 13.2 Å². The van der Waals surface area contributed by atoms with E-state index in [-0.39, 0.29) is 26.9 Å². The molecule has 0 saturated heterocycles. The molecule has 11 heteroatoms. The summed E-state index contributed by atoms with van der Waals surface area (Å²) in [5.41, 5.74) is 0.641. The number of rotatable bonds is 5. The van der Waals surface area contributed by atoms with Gasteiger partial charge in [0.15, 0.2) is 0 Å². The van der Waals surface area contributed by atoms with E-state index in [9.17, 15) is 17.6 Å². The fraction of sp³-hybridized carbons (Fsp3) is 0.0400. The topological polar surface area (TPSA) is 59.7 Å². The number of benzene rings is 1. The minimum absolute atomic E-state index is 0. The van der Waals surface area contributed by atoms with E-state index in [4.69, 9.17) is 0 Å². The summed E-state index contributed by atoms with van der Waals surface area (Å²) in [5, 5.41) is 3.56. The molecule has 0 bridgehead atoms. The average molecular weight is 669 g/mol. The van der Waals surface area contributed by atoms with Gasteiger partial charge in [0.25, 0.3) is 0 Å². The number of pyridine rings is 3. The summed E-state index contributed by atoms with van der Waals surface area (Å²) in [5.74, 6) is 0.348. The van der Waals surface area contributed by atoms with E-state index in [2.05, 4.69) is 32.3 Å². The van der Waals surface area contributed by atoms with Crippen molar-refractivity contribution in [2.45, 2.75) is 6.18 Å². The van der Waals surface area contributed by atoms with E-state index in [1.165, 1.54) is 12.3 Å². The predicted octanol–water partition coefficient (Wildman–Crippen LogP) is 5.95. The average Bonchev–Trinajstić information content (AvgIpc) is 3.37. The fourth-order valence-electron chi connectivity index (χ4n) is 3.33. The summed E-state index contributed by atoms with van der Waals surface area (Å²) in [4.78, 5) is 14.6. The zero-order valence-corrected chi connectivity index (χ0v) is 20.4. The molecule has 36 heavy (non-hydrogen) atoms. The van der Waals surface area contributed by atoms with Crippen molar-refractivity contribution in [2.24, 2.45) is 0 Å². The van der Waals surface area contributed by atoms with Gasteiger partial charge in [0.2, 0.25) is 0 Å². The van der Waals surface area contributed by atoms with Crippen molar-refractivity contribution in [3.8, 4) is 17.1 Å². The Hall–Kier alpha value is -3.91. The summed E-state index contributed by atoms with van der Waals surface area (Å²) in [7, 11) is 0. The van der Waals surface area contributed by atoms with Gasteiger partial charge in [-0.05, 0) is 30.0 Å². The van der Waals surface area contributed by atoms with Crippen molar-refractivity contribution in [1.82, 2.24) is 24.7 Å². The second kappa shape index (κ2) is 10.4. The first-order chi connectivity index (χ1) is 16.9. The van der Waals surface area contributed by atoms with Crippen LogP contribution in [0.3, 0.4) is 0 Å². The Kier molecular flexibility index (Phi) is 7.26. The molecule has 4 aromatic heterocycles. The fourth-order valence-corrected chi connectivity index (χ4v) is 3.33. The van der Waals surface area contributed by atoms with Gasteiger partial charge in [-0.1, -0.05) is 60.9 Å². The minimum Gasteiger partial charge on any atom is -0.343 e. The van der Waals surface area contributed by atoms with Crippen molar-refractivity contribution < 1.29 is 38.6 Å². The normalized spacial score (nSPS) is 11.1. The van der Waals surface area contributed by atoms with Crippen LogP contribution in [0.2, 0.25) is 0 Å². The zero-order valence-electron chi connectivity index (χ0n) is 18.1. The smallest absolute Gasteiger partial charge is 0.343 e. The SMILES string of the molecule is Fc1c[c-]c(-c2cccc(N(c3ccccc3)c3cccc(-n4[c-]cc(C(F)(F)F)n4)n3)n2)cn1.[Pt+2]. The molecular formula is C25H14F4N6Pt. The summed E-state index contributed by atoms with van der Waals surface area (Å²) >= 11 is 0. The molecule has 0 aliphatic heterocycles. The molecular weight excluding hydrogens is 655 g/mol. The quantitative estimate of drug-likeness (QED) is 0.132. The minimum atomic E-state index is -4.59. The molecule has 0 unspecified atom stereocenters. The van der Waals surface area contributed by atoms with E-state index in [0.29, 0.717) is 28.6 Å². The van der Waals surface area contributed by atoms with Crippen molar-refractivity contribution in [3.63, 3.8) is 0 Å². The largest absolute Gasteiger partial charge is 2.00 e. The van der Waals surface area contributed by atoms with Crippen molar-refractivity contribution >= 4 is 17.3 Å². The van der Waals surface area contributed by atoms with Crippen molar-refractivity contribution in [1.29, 1.82) is 0 Å². The number of hydrogen-bond donors (Lipinski definition) is 0. The van der Waals surface area contributed by atoms with E-state index in [1.807, 2.05) is 30.3 Å². The molecule has 0 N–H and O–H groups in total. The molecule has 0 atom stereocenters. The van der Waals surface area contributed by atoms with Gasteiger partial charge in [0.1, 0.15) is 17.6 Å². The van der Waals surface area contributed by atoms with Crippen molar-refractivity contribution in [3.05, 3.63) is 109 Å². The molecule has 6 nitrogen and oxygen atoms in total. The van der Waals surface area contributed by atoms with Crippen molar-refractivity contribution in [2.75, 3.05) is 4.90 Å². The first-order valence-corrected chi connectivity index (χ1v) is 10.3. The first-order valence-electron chi connectivity index (χ1n) is 10.3. The monoisotopic (exact) mass is 669 g/mol. The number of nitrogens with zero attached hydrogens (tertiary/aromatic N) is 6. The van der Waals surface area contributed by atoms with Crippen LogP contribution in [0.15, 0.2) is 85.1 Å². The predicted molar refractivity (Wildman–Crippen MR) is 120 cm³/mol. The summed E-state index contributed by atoms with van der Waals surface area (Å²) < 4.78 is 53.2. The van der Waals surface area contributed by atoms with Gasteiger partial charge < -0.3 is 9.67 Å². The second-order valence-corrected chi connectivity index (χ2v) is 7.26. The van der Waals surface area contributed by atoms with Crippen LogP contribution in [-0.2, 0) is 27.2 Å². The molecule has 0 spiro atoms. The Balaban J connectivity index is 0.00000304. The Labute approximate surface area is 217 Å². The van der Waals surface area contributed by atoms with Gasteiger partial charge in [0.05, 0.1) is 11.5 Å². The van der Waals surface area contributed by atoms with Gasteiger partial charge in [-0.3, -0.25) is 20.0 Å². The maximum absolute atomic E-state index is 13.2. The van der Waals surface area contributed by atoms with Crippen LogP contribution in [0.25, 0.3) is 17.1 Å². The Bertz CT molecular complexity index is 1460. The van der Waals surface area contributed by atoms with Crippen LogP contribution in [0, 0.1) is 18.2 Å². The summed E-state index contributed by atoms with van der Waals surface area (Å²) in [6, 6.07) is 24.0. The van der Waals surface area contributed by atoms with Crippen LogP contribution in [0.5, 0.6) is 0 Å².